The van der Waals surface area contributed by atoms with Gasteiger partial charge in [0.1, 0.15) is 5.69 Å². The van der Waals surface area contributed by atoms with Crippen LogP contribution in [0.5, 0.6) is 0 Å². The molecule has 0 aromatic carbocycles. The van der Waals surface area contributed by atoms with Crippen molar-refractivity contribution in [1.82, 2.24) is 4.98 Å². The first-order valence-electron chi connectivity index (χ1n) is 5.95. The second kappa shape index (κ2) is 8.01. The summed E-state index contributed by atoms with van der Waals surface area (Å²) in [7, 11) is 2.89. The number of nitrogens with zero attached hydrogens (tertiary/aromatic N) is 2. The normalized spacial score (nSPS) is 10.9. The van der Waals surface area contributed by atoms with Gasteiger partial charge in [0.25, 0.3) is 11.9 Å². The number of methoxy groups -OCH3 is 2. The molecule has 8 heteroatoms. The highest BCUT2D eigenvalue weighted by atomic mass is 19.2. The lowest BCUT2D eigenvalue weighted by Gasteiger charge is -2.25. The highest BCUT2D eigenvalue weighted by Gasteiger charge is 2.25. The van der Waals surface area contributed by atoms with Gasteiger partial charge in [-0.15, -0.1) is 0 Å². The lowest BCUT2D eigenvalue weighted by atomic mass is 10.3. The fourth-order valence-electron chi connectivity index (χ4n) is 1.69. The van der Waals surface area contributed by atoms with Gasteiger partial charge in [-0.1, -0.05) is 0 Å². The highest BCUT2D eigenvalue weighted by molar-refractivity contribution is 5.48. The summed E-state index contributed by atoms with van der Waals surface area (Å²) in [6.07, 6.45) is 0.435. The Bertz CT molecular complexity index is 420. The summed E-state index contributed by atoms with van der Waals surface area (Å²) >= 11 is 0. The number of hydrogen-bond acceptors (Lipinski definition) is 4. The van der Waals surface area contributed by atoms with E-state index in [9.17, 15) is 17.6 Å². The molecule has 0 spiro atoms. The highest BCUT2D eigenvalue weighted by Crippen LogP contribution is 2.26. The van der Waals surface area contributed by atoms with E-state index in [4.69, 9.17) is 9.47 Å². The Morgan fingerprint density at radius 1 is 0.900 bits per heavy atom. The number of hydrogen-bond donors (Lipinski definition) is 0. The van der Waals surface area contributed by atoms with Crippen LogP contribution in [-0.4, -0.2) is 45.5 Å². The maximum atomic E-state index is 13.7. The zero-order valence-corrected chi connectivity index (χ0v) is 11.3. The molecule has 0 atom stereocenters. The number of anilines is 1. The third kappa shape index (κ3) is 4.04. The molecule has 0 unspecified atom stereocenters. The van der Waals surface area contributed by atoms with Crippen molar-refractivity contribution in [2.45, 2.75) is 6.42 Å². The second-order valence-corrected chi connectivity index (χ2v) is 4.00. The fraction of sp³-hybridized carbons (Fsp3) is 0.583. The zero-order valence-electron chi connectivity index (χ0n) is 11.3. The quantitative estimate of drug-likeness (QED) is 0.418. The topological polar surface area (TPSA) is 34.6 Å². The van der Waals surface area contributed by atoms with Crippen molar-refractivity contribution < 1.29 is 27.0 Å². The van der Waals surface area contributed by atoms with Crippen LogP contribution in [0.15, 0.2) is 0 Å². The van der Waals surface area contributed by atoms with Gasteiger partial charge in [-0.3, -0.25) is 0 Å². The lowest BCUT2D eigenvalue weighted by molar-refractivity contribution is 0.190. The van der Waals surface area contributed by atoms with Crippen molar-refractivity contribution in [1.29, 1.82) is 0 Å². The van der Waals surface area contributed by atoms with E-state index in [-0.39, 0.29) is 19.7 Å². The molecular formula is C12H16F4N2O2. The average molecular weight is 296 g/mol. The molecular weight excluding hydrogens is 280 g/mol. The number of rotatable bonds is 8. The third-order valence-corrected chi connectivity index (χ3v) is 2.63. The van der Waals surface area contributed by atoms with E-state index < -0.39 is 29.2 Å². The molecule has 1 rings (SSSR count). The molecule has 114 valence electrons. The van der Waals surface area contributed by atoms with Gasteiger partial charge >= 0.3 is 0 Å². The van der Waals surface area contributed by atoms with Crippen LogP contribution in [0, 0.1) is 23.5 Å². The first-order chi connectivity index (χ1) is 9.52. The molecule has 1 aromatic rings. The number of aromatic nitrogens is 1. The van der Waals surface area contributed by atoms with E-state index in [0.29, 0.717) is 13.0 Å². The minimum absolute atomic E-state index is 0.0803. The standard InChI is InChI=1S/C12H16F4N2O2/c1-19-6-3-4-18(5-7-20-2)10-8(13)11(15)17-12(16)9(10)14/h3-7H2,1-2H3. The Balaban J connectivity index is 3.05. The molecule has 20 heavy (non-hydrogen) atoms. The second-order valence-electron chi connectivity index (χ2n) is 4.00. The Hall–Kier alpha value is -1.41. The molecule has 0 radical (unpaired) electrons. The Labute approximate surface area is 114 Å². The monoisotopic (exact) mass is 296 g/mol. The van der Waals surface area contributed by atoms with Crippen LogP contribution >= 0.6 is 0 Å². The van der Waals surface area contributed by atoms with Gasteiger partial charge in [0.05, 0.1) is 6.61 Å². The molecule has 4 nitrogen and oxygen atoms in total. The van der Waals surface area contributed by atoms with Crippen molar-refractivity contribution in [3.05, 3.63) is 23.5 Å². The Kier molecular flexibility index (Phi) is 6.66. The molecule has 0 aliphatic rings. The molecule has 0 aliphatic heterocycles. The lowest BCUT2D eigenvalue weighted by Crippen LogP contribution is -2.31. The van der Waals surface area contributed by atoms with Crippen molar-refractivity contribution in [3.63, 3.8) is 0 Å². The van der Waals surface area contributed by atoms with Gasteiger partial charge in [0.2, 0.25) is 11.6 Å². The Morgan fingerprint density at radius 3 is 1.95 bits per heavy atom. The van der Waals surface area contributed by atoms with Gasteiger partial charge in [-0.2, -0.15) is 22.5 Å². The van der Waals surface area contributed by atoms with Crippen molar-refractivity contribution >= 4 is 5.69 Å². The van der Waals surface area contributed by atoms with Crippen LogP contribution in [0.25, 0.3) is 0 Å². The minimum Gasteiger partial charge on any atom is -0.385 e. The van der Waals surface area contributed by atoms with Gasteiger partial charge in [0.15, 0.2) is 0 Å². The predicted molar refractivity (Wildman–Crippen MR) is 64.7 cm³/mol. The molecule has 1 aromatic heterocycles. The van der Waals surface area contributed by atoms with Crippen molar-refractivity contribution in [2.24, 2.45) is 0 Å². The molecule has 0 saturated heterocycles. The zero-order chi connectivity index (χ0) is 15.1. The molecule has 0 bridgehead atoms. The first kappa shape index (κ1) is 16.6. The summed E-state index contributed by atoms with van der Waals surface area (Å²) in [4.78, 5) is 3.69. The van der Waals surface area contributed by atoms with E-state index in [1.807, 2.05) is 0 Å². The molecule has 0 N–H and O–H groups in total. The van der Waals surface area contributed by atoms with Crippen LogP contribution in [0.2, 0.25) is 0 Å². The number of pyridine rings is 1. The molecule has 0 fully saturated rings. The predicted octanol–water partition coefficient (Wildman–Crippen LogP) is 2.13. The van der Waals surface area contributed by atoms with Crippen LogP contribution in [0.1, 0.15) is 6.42 Å². The van der Waals surface area contributed by atoms with Gasteiger partial charge < -0.3 is 14.4 Å². The van der Waals surface area contributed by atoms with Crippen molar-refractivity contribution in [2.75, 3.05) is 45.4 Å². The maximum Gasteiger partial charge on any atom is 0.253 e. The largest absolute Gasteiger partial charge is 0.385 e. The van der Waals surface area contributed by atoms with E-state index in [2.05, 4.69) is 4.98 Å². The number of ether oxygens (including phenoxy) is 2. The Morgan fingerprint density at radius 2 is 1.45 bits per heavy atom. The first-order valence-corrected chi connectivity index (χ1v) is 5.95. The summed E-state index contributed by atoms with van der Waals surface area (Å²) in [5.74, 6) is -6.38. The van der Waals surface area contributed by atoms with Crippen LogP contribution in [-0.2, 0) is 9.47 Å². The maximum absolute atomic E-state index is 13.7. The van der Waals surface area contributed by atoms with Crippen LogP contribution in [0.4, 0.5) is 23.2 Å². The molecule has 1 heterocycles. The fourth-order valence-corrected chi connectivity index (χ4v) is 1.69. The van der Waals surface area contributed by atoms with Gasteiger partial charge in [-0.25, -0.2) is 0 Å². The van der Waals surface area contributed by atoms with E-state index in [1.165, 1.54) is 19.1 Å². The molecule has 0 aliphatic carbocycles. The van der Waals surface area contributed by atoms with E-state index >= 15 is 0 Å². The average Bonchev–Trinajstić information content (AvgIpc) is 2.42. The summed E-state index contributed by atoms with van der Waals surface area (Å²) in [6.45, 7) is 0.741. The molecule has 0 saturated carbocycles. The smallest absolute Gasteiger partial charge is 0.253 e. The van der Waals surface area contributed by atoms with Crippen LogP contribution < -0.4 is 4.90 Å². The SMILES string of the molecule is COCCCN(CCOC)c1c(F)c(F)nc(F)c1F. The van der Waals surface area contributed by atoms with Gasteiger partial charge in [0, 0.05) is 33.9 Å². The van der Waals surface area contributed by atoms with Gasteiger partial charge in [-0.05, 0) is 6.42 Å². The summed E-state index contributed by atoms with van der Waals surface area (Å²) in [5, 5.41) is 0. The molecule has 0 amide bonds. The summed E-state index contributed by atoms with van der Waals surface area (Å²) in [5.41, 5.74) is -0.775. The number of halogens is 4. The third-order valence-electron chi connectivity index (χ3n) is 2.63. The minimum atomic E-state index is -1.67. The van der Waals surface area contributed by atoms with E-state index in [1.54, 1.807) is 0 Å². The van der Waals surface area contributed by atoms with Crippen molar-refractivity contribution in [3.8, 4) is 0 Å². The summed E-state index contributed by atoms with van der Waals surface area (Å²) in [6, 6.07) is 0. The summed E-state index contributed by atoms with van der Waals surface area (Å²) < 4.78 is 63.2. The van der Waals surface area contributed by atoms with E-state index in [0.717, 1.165) is 0 Å². The van der Waals surface area contributed by atoms with Crippen LogP contribution in [0.3, 0.4) is 0 Å².